The van der Waals surface area contributed by atoms with Crippen molar-refractivity contribution in [3.05, 3.63) is 79.6 Å². The summed E-state index contributed by atoms with van der Waals surface area (Å²) in [4.78, 5) is 32.3. The second-order valence-electron chi connectivity index (χ2n) is 13.3. The van der Waals surface area contributed by atoms with E-state index in [2.05, 4.69) is 47.7 Å². The predicted octanol–water partition coefficient (Wildman–Crippen LogP) is 1.85. The summed E-state index contributed by atoms with van der Waals surface area (Å²) >= 11 is 0. The molecule has 14 heteroatoms. The molecule has 2 aromatic rings. The zero-order valence-corrected chi connectivity index (χ0v) is 27.5. The highest BCUT2D eigenvalue weighted by molar-refractivity contribution is 7.90. The van der Waals surface area contributed by atoms with Crippen LogP contribution in [0.2, 0.25) is 18.1 Å². The lowest BCUT2D eigenvalue weighted by atomic mass is 9.88. The van der Waals surface area contributed by atoms with Crippen molar-refractivity contribution in [1.29, 1.82) is 0 Å². The van der Waals surface area contributed by atoms with Gasteiger partial charge < -0.3 is 14.9 Å². The summed E-state index contributed by atoms with van der Waals surface area (Å²) in [6, 6.07) is 10.3. The van der Waals surface area contributed by atoms with Crippen LogP contribution in [-0.4, -0.2) is 86.6 Å². The molecule has 236 valence electrons. The van der Waals surface area contributed by atoms with Crippen molar-refractivity contribution < 1.29 is 21.8 Å². The van der Waals surface area contributed by atoms with Gasteiger partial charge in [0.05, 0.1) is 11.1 Å². The number of rotatable bonds is 7. The van der Waals surface area contributed by atoms with Crippen LogP contribution in [0.25, 0.3) is 0 Å². The molecular formula is C29H43N5O7SSi. The van der Waals surface area contributed by atoms with Crippen LogP contribution in [0, 0.1) is 6.92 Å². The van der Waals surface area contributed by atoms with E-state index in [1.165, 1.54) is 16.3 Å². The quantitative estimate of drug-likeness (QED) is 0.342. The highest BCUT2D eigenvalue weighted by Gasteiger charge is 2.67. The van der Waals surface area contributed by atoms with Gasteiger partial charge in [0, 0.05) is 51.0 Å². The number of hydrogen-bond donors (Lipinski definition) is 2. The third kappa shape index (κ3) is 6.19. The molecule has 1 aromatic carbocycles. The number of nitrogens with zero attached hydrogens (tertiary/aromatic N) is 3. The lowest BCUT2D eigenvalue weighted by Crippen LogP contribution is -2.60. The van der Waals surface area contributed by atoms with Gasteiger partial charge in [-0.2, -0.15) is 8.42 Å². The molecule has 0 saturated carbocycles. The third-order valence-corrected chi connectivity index (χ3v) is 14.7. The standard InChI is InChI=1S/C29H43N5O7SSi/c1-20-16-34(27(36)31-25(20)35)26-24(40-43(5,6)28(2,3)4)29(22(30)19-42(37,38)41-29)23(39-26)18-33-14-12-32(13-15-33)17-21-10-8-7-9-11-21/h7-11,16,19,23-24,26H,12-15,17-18,30H2,1-6H3,(H,31,35,36)/t23-,24+,26-,29-/m1/s1. The molecule has 3 aliphatic rings. The van der Waals surface area contributed by atoms with Crippen LogP contribution in [-0.2, 0) is 30.0 Å². The van der Waals surface area contributed by atoms with Gasteiger partial charge in [-0.1, -0.05) is 51.1 Å². The largest absolute Gasteiger partial charge is 0.406 e. The molecule has 4 heterocycles. The summed E-state index contributed by atoms with van der Waals surface area (Å²) < 4.78 is 46.5. The van der Waals surface area contributed by atoms with Crippen LogP contribution >= 0.6 is 0 Å². The fourth-order valence-electron chi connectivity index (χ4n) is 5.71. The first-order valence-corrected chi connectivity index (χ1v) is 19.0. The summed E-state index contributed by atoms with van der Waals surface area (Å²) in [5.74, 6) is 0. The molecule has 3 N–H and O–H groups in total. The summed E-state index contributed by atoms with van der Waals surface area (Å²) in [5, 5.41) is 0.653. The van der Waals surface area contributed by atoms with E-state index >= 15 is 0 Å². The molecule has 1 spiro atoms. The summed E-state index contributed by atoms with van der Waals surface area (Å²) in [6.45, 7) is 16.0. The summed E-state index contributed by atoms with van der Waals surface area (Å²) in [6.07, 6.45) is -1.67. The Labute approximate surface area is 253 Å². The van der Waals surface area contributed by atoms with Crippen LogP contribution in [0.4, 0.5) is 0 Å². The molecular weight excluding hydrogens is 591 g/mol. The molecule has 4 atom stereocenters. The Morgan fingerprint density at radius 2 is 1.72 bits per heavy atom. The second kappa shape index (κ2) is 11.4. The number of aromatic amines is 1. The van der Waals surface area contributed by atoms with E-state index in [-0.39, 0.29) is 10.7 Å². The molecule has 2 fully saturated rings. The van der Waals surface area contributed by atoms with Crippen molar-refractivity contribution in [3.63, 3.8) is 0 Å². The van der Waals surface area contributed by atoms with E-state index in [0.29, 0.717) is 12.1 Å². The van der Waals surface area contributed by atoms with Gasteiger partial charge in [0.1, 0.15) is 12.2 Å². The first-order valence-electron chi connectivity index (χ1n) is 14.6. The van der Waals surface area contributed by atoms with Crippen molar-refractivity contribution in [2.45, 2.75) is 76.4 Å². The zero-order valence-electron chi connectivity index (χ0n) is 25.7. The minimum Gasteiger partial charge on any atom is -0.406 e. The van der Waals surface area contributed by atoms with E-state index in [1.807, 2.05) is 31.3 Å². The van der Waals surface area contributed by atoms with Crippen molar-refractivity contribution in [2.75, 3.05) is 32.7 Å². The maximum Gasteiger partial charge on any atom is 0.330 e. The smallest absolute Gasteiger partial charge is 0.330 e. The minimum atomic E-state index is -4.16. The summed E-state index contributed by atoms with van der Waals surface area (Å²) in [7, 11) is -6.79. The van der Waals surface area contributed by atoms with Crippen LogP contribution in [0.15, 0.2) is 57.2 Å². The van der Waals surface area contributed by atoms with Crippen molar-refractivity contribution >= 4 is 18.4 Å². The number of aromatic nitrogens is 2. The van der Waals surface area contributed by atoms with Crippen molar-refractivity contribution in [1.82, 2.24) is 19.4 Å². The highest BCUT2D eigenvalue weighted by atomic mass is 32.2. The number of nitrogens with one attached hydrogen (secondary N) is 1. The van der Waals surface area contributed by atoms with E-state index in [0.717, 1.165) is 38.1 Å². The number of benzene rings is 1. The Morgan fingerprint density at radius 3 is 2.30 bits per heavy atom. The first-order chi connectivity index (χ1) is 20.0. The highest BCUT2D eigenvalue weighted by Crippen LogP contribution is 2.51. The molecule has 43 heavy (non-hydrogen) atoms. The fraction of sp³-hybridized carbons (Fsp3) is 0.586. The molecule has 5 rings (SSSR count). The van der Waals surface area contributed by atoms with Crippen LogP contribution < -0.4 is 17.0 Å². The molecule has 3 aliphatic heterocycles. The maximum absolute atomic E-state index is 13.1. The minimum absolute atomic E-state index is 0.0272. The monoisotopic (exact) mass is 633 g/mol. The van der Waals surface area contributed by atoms with E-state index < -0.39 is 53.7 Å². The van der Waals surface area contributed by atoms with E-state index in [4.69, 9.17) is 19.1 Å². The molecule has 0 amide bonds. The van der Waals surface area contributed by atoms with Crippen LogP contribution in [0.3, 0.4) is 0 Å². The number of piperazine rings is 1. The number of H-pyrrole nitrogens is 1. The molecule has 0 aliphatic carbocycles. The van der Waals surface area contributed by atoms with Gasteiger partial charge in [0.25, 0.3) is 15.7 Å². The maximum atomic E-state index is 13.1. The molecule has 0 unspecified atom stereocenters. The lowest BCUT2D eigenvalue weighted by molar-refractivity contribution is -0.0545. The zero-order chi connectivity index (χ0) is 31.4. The Balaban J connectivity index is 1.50. The van der Waals surface area contributed by atoms with E-state index in [1.54, 1.807) is 6.92 Å². The molecule has 1 aromatic heterocycles. The van der Waals surface area contributed by atoms with Gasteiger partial charge >= 0.3 is 5.69 Å². The number of hydrogen-bond acceptors (Lipinski definition) is 10. The topological polar surface area (TPSA) is 149 Å². The Kier molecular flexibility index (Phi) is 8.44. The van der Waals surface area contributed by atoms with Gasteiger partial charge in [0.2, 0.25) is 0 Å². The number of nitrogens with two attached hydrogens (primary N) is 1. The van der Waals surface area contributed by atoms with Gasteiger partial charge in [-0.05, 0) is 30.6 Å². The second-order valence-corrected chi connectivity index (χ2v) is 19.4. The van der Waals surface area contributed by atoms with Crippen molar-refractivity contribution in [3.8, 4) is 0 Å². The van der Waals surface area contributed by atoms with E-state index in [9.17, 15) is 18.0 Å². The Morgan fingerprint density at radius 1 is 1.09 bits per heavy atom. The van der Waals surface area contributed by atoms with Gasteiger partial charge in [-0.25, -0.2) is 8.98 Å². The normalized spacial score (nSPS) is 28.4. The lowest BCUT2D eigenvalue weighted by Gasteiger charge is -2.44. The first kappa shape index (κ1) is 31.8. The summed E-state index contributed by atoms with van der Waals surface area (Å²) in [5.41, 5.74) is 5.14. The Hall–Kier alpha value is -2.59. The SMILES string of the molecule is Cc1cn([C@@H]2O[C@H](CN3CCN(Cc4ccccc4)CC3)[C@@]3(OS(=O)(=O)C=C3N)[C@H]2O[Si](C)(C)C(C)(C)C)c(=O)[nH]c1=O. The fourth-order valence-corrected chi connectivity index (χ4v) is 8.22. The predicted molar refractivity (Wildman–Crippen MR) is 165 cm³/mol. The van der Waals surface area contributed by atoms with Gasteiger partial charge in [-0.15, -0.1) is 0 Å². The molecule has 0 bridgehead atoms. The Bertz CT molecular complexity index is 1590. The van der Waals surface area contributed by atoms with Crippen LogP contribution in [0.1, 0.15) is 38.1 Å². The van der Waals surface area contributed by atoms with Gasteiger partial charge in [0.15, 0.2) is 20.1 Å². The molecule has 12 nitrogen and oxygen atoms in total. The van der Waals surface area contributed by atoms with Crippen molar-refractivity contribution in [2.24, 2.45) is 5.73 Å². The van der Waals surface area contributed by atoms with Gasteiger partial charge in [-0.3, -0.25) is 24.1 Å². The molecule has 2 saturated heterocycles. The average Bonchev–Trinajstić information content (AvgIpc) is 3.33. The number of ether oxygens (including phenoxy) is 1. The average molecular weight is 634 g/mol. The van der Waals surface area contributed by atoms with Crippen LogP contribution in [0.5, 0.6) is 0 Å². The third-order valence-electron chi connectivity index (χ3n) is 9.23. The molecule has 0 radical (unpaired) electrons. The number of aryl methyl sites for hydroxylation is 1.